The van der Waals surface area contributed by atoms with Gasteiger partial charge in [0.2, 0.25) is 0 Å². The van der Waals surface area contributed by atoms with Crippen LogP contribution in [0.2, 0.25) is 0 Å². The second-order valence-corrected chi connectivity index (χ2v) is 5.24. The van der Waals surface area contributed by atoms with Gasteiger partial charge in [0.1, 0.15) is 17.2 Å². The van der Waals surface area contributed by atoms with Crippen LogP contribution in [0.15, 0.2) is 48.5 Å². The minimum absolute atomic E-state index is 0.0153. The maximum atomic E-state index is 11.7. The molecule has 0 spiro atoms. The van der Waals surface area contributed by atoms with Crippen LogP contribution >= 0.6 is 0 Å². The average Bonchev–Trinajstić information content (AvgIpc) is 2.60. The number of benzene rings is 3. The molecule has 0 fully saturated rings. The molecule has 3 aromatic carbocycles. The maximum Gasteiger partial charge on any atom is 0.336 e. The van der Waals surface area contributed by atoms with E-state index in [4.69, 9.17) is 9.47 Å². The monoisotopic (exact) mass is 324 g/mol. The van der Waals surface area contributed by atoms with Crippen molar-refractivity contribution >= 4 is 16.7 Å². The predicted molar refractivity (Wildman–Crippen MR) is 91.1 cm³/mol. The Morgan fingerprint density at radius 2 is 1.75 bits per heavy atom. The van der Waals surface area contributed by atoms with Crippen LogP contribution in [-0.4, -0.2) is 30.4 Å². The number of rotatable bonds is 4. The van der Waals surface area contributed by atoms with Gasteiger partial charge in [0.25, 0.3) is 0 Å². The van der Waals surface area contributed by atoms with E-state index >= 15 is 0 Å². The predicted octanol–water partition coefficient (Wildman–Crippen LogP) is 3.93. The molecular formula is C19H16O5. The molecule has 3 aromatic rings. The third-order valence-corrected chi connectivity index (χ3v) is 3.91. The van der Waals surface area contributed by atoms with Gasteiger partial charge in [0.15, 0.2) is 0 Å². The molecule has 0 aromatic heterocycles. The number of carboxylic acids is 1. The van der Waals surface area contributed by atoms with Crippen molar-refractivity contribution in [2.75, 3.05) is 14.2 Å². The van der Waals surface area contributed by atoms with Crippen molar-refractivity contribution in [2.45, 2.75) is 0 Å². The van der Waals surface area contributed by atoms with Gasteiger partial charge in [-0.15, -0.1) is 0 Å². The number of hydrogen-bond donors (Lipinski definition) is 2. The number of methoxy groups -OCH3 is 2. The number of fused-ring (bicyclic) bond motifs is 1. The highest BCUT2D eigenvalue weighted by Crippen LogP contribution is 2.42. The highest BCUT2D eigenvalue weighted by atomic mass is 16.5. The summed E-state index contributed by atoms with van der Waals surface area (Å²) in [5, 5.41) is 21.0. The fraction of sp³-hybridized carbons (Fsp3) is 0.105. The fourth-order valence-electron chi connectivity index (χ4n) is 2.86. The Labute approximate surface area is 138 Å². The van der Waals surface area contributed by atoms with E-state index < -0.39 is 5.97 Å². The van der Waals surface area contributed by atoms with E-state index in [1.807, 2.05) is 0 Å². The first-order chi connectivity index (χ1) is 11.6. The summed E-state index contributed by atoms with van der Waals surface area (Å²) in [6, 6.07) is 13.6. The second kappa shape index (κ2) is 6.12. The summed E-state index contributed by atoms with van der Waals surface area (Å²) in [4.78, 5) is 11.7. The third-order valence-electron chi connectivity index (χ3n) is 3.91. The molecule has 0 unspecified atom stereocenters. The van der Waals surface area contributed by atoms with E-state index in [1.54, 1.807) is 49.6 Å². The lowest BCUT2D eigenvalue weighted by atomic mass is 9.92. The van der Waals surface area contributed by atoms with Crippen LogP contribution < -0.4 is 9.47 Å². The summed E-state index contributed by atoms with van der Waals surface area (Å²) in [6.45, 7) is 0. The Balaban J connectivity index is 2.45. The van der Waals surface area contributed by atoms with Crippen LogP contribution in [0.4, 0.5) is 0 Å². The highest BCUT2D eigenvalue weighted by Gasteiger charge is 2.20. The molecule has 3 rings (SSSR count). The van der Waals surface area contributed by atoms with Crippen molar-refractivity contribution in [2.24, 2.45) is 0 Å². The van der Waals surface area contributed by atoms with Crippen LogP contribution in [0, 0.1) is 0 Å². The summed E-state index contributed by atoms with van der Waals surface area (Å²) < 4.78 is 10.5. The number of ether oxygens (including phenoxy) is 2. The van der Waals surface area contributed by atoms with Crippen LogP contribution in [0.1, 0.15) is 10.4 Å². The van der Waals surface area contributed by atoms with Gasteiger partial charge >= 0.3 is 5.97 Å². The number of aromatic hydroxyl groups is 1. The van der Waals surface area contributed by atoms with Crippen LogP contribution in [0.3, 0.4) is 0 Å². The van der Waals surface area contributed by atoms with Gasteiger partial charge in [0, 0.05) is 5.56 Å². The molecule has 0 amide bonds. The molecule has 0 heterocycles. The summed E-state index contributed by atoms with van der Waals surface area (Å²) in [7, 11) is 3.06. The lowest BCUT2D eigenvalue weighted by Gasteiger charge is -2.15. The molecule has 0 bridgehead atoms. The Hall–Kier alpha value is -3.21. The van der Waals surface area contributed by atoms with Gasteiger partial charge in [0.05, 0.1) is 25.2 Å². The molecule has 122 valence electrons. The molecule has 5 nitrogen and oxygen atoms in total. The SMILES string of the molecule is COc1cccc(-c2c(C(=O)O)cc(O)c3c(OC)cccc23)c1. The maximum absolute atomic E-state index is 11.7. The van der Waals surface area contributed by atoms with Crippen molar-refractivity contribution in [3.05, 3.63) is 54.1 Å². The second-order valence-electron chi connectivity index (χ2n) is 5.24. The summed E-state index contributed by atoms with van der Waals surface area (Å²) in [5.41, 5.74) is 1.21. The van der Waals surface area contributed by atoms with E-state index in [-0.39, 0.29) is 11.3 Å². The minimum atomic E-state index is -1.12. The zero-order valence-corrected chi connectivity index (χ0v) is 13.2. The fourth-order valence-corrected chi connectivity index (χ4v) is 2.86. The lowest BCUT2D eigenvalue weighted by Crippen LogP contribution is -2.01. The Morgan fingerprint density at radius 3 is 2.42 bits per heavy atom. The third kappa shape index (κ3) is 2.50. The van der Waals surface area contributed by atoms with Gasteiger partial charge in [-0.25, -0.2) is 4.79 Å². The Bertz CT molecular complexity index is 930. The molecular weight excluding hydrogens is 308 g/mol. The first kappa shape index (κ1) is 15.7. The van der Waals surface area contributed by atoms with Gasteiger partial charge in [-0.2, -0.15) is 0 Å². The molecule has 0 radical (unpaired) electrons. The zero-order valence-electron chi connectivity index (χ0n) is 13.2. The highest BCUT2D eigenvalue weighted by molar-refractivity contribution is 6.11. The number of carboxylic acid groups (broad SMARTS) is 1. The molecule has 0 aliphatic carbocycles. The zero-order chi connectivity index (χ0) is 17.3. The van der Waals surface area contributed by atoms with Crippen molar-refractivity contribution in [1.29, 1.82) is 0 Å². The topological polar surface area (TPSA) is 76.0 Å². The Kier molecular flexibility index (Phi) is 4.00. The van der Waals surface area contributed by atoms with E-state index in [9.17, 15) is 15.0 Å². The molecule has 0 atom stereocenters. The van der Waals surface area contributed by atoms with Gasteiger partial charge in [-0.05, 0) is 35.2 Å². The van der Waals surface area contributed by atoms with Gasteiger partial charge < -0.3 is 19.7 Å². The minimum Gasteiger partial charge on any atom is -0.507 e. The van der Waals surface area contributed by atoms with Crippen molar-refractivity contribution < 1.29 is 24.5 Å². The number of phenolic OH excluding ortho intramolecular Hbond substituents is 1. The largest absolute Gasteiger partial charge is 0.507 e. The molecule has 5 heteroatoms. The summed E-state index contributed by atoms with van der Waals surface area (Å²) in [5.74, 6) is -0.154. The number of aromatic carboxylic acids is 1. The smallest absolute Gasteiger partial charge is 0.336 e. The quantitative estimate of drug-likeness (QED) is 0.760. The molecule has 24 heavy (non-hydrogen) atoms. The van der Waals surface area contributed by atoms with E-state index in [0.717, 1.165) is 0 Å². The van der Waals surface area contributed by atoms with E-state index in [2.05, 4.69) is 0 Å². The van der Waals surface area contributed by atoms with Crippen LogP contribution in [-0.2, 0) is 0 Å². The first-order valence-corrected chi connectivity index (χ1v) is 7.27. The lowest BCUT2D eigenvalue weighted by molar-refractivity contribution is 0.0697. The van der Waals surface area contributed by atoms with Crippen LogP contribution in [0.5, 0.6) is 17.2 Å². The number of carbonyl (C=O) groups is 1. The van der Waals surface area contributed by atoms with E-state index in [0.29, 0.717) is 33.4 Å². The van der Waals surface area contributed by atoms with Crippen molar-refractivity contribution in [3.63, 3.8) is 0 Å². The molecule has 0 saturated carbocycles. The van der Waals surface area contributed by atoms with E-state index in [1.165, 1.54) is 13.2 Å². The normalized spacial score (nSPS) is 10.6. The Morgan fingerprint density at radius 1 is 1.00 bits per heavy atom. The molecule has 0 aliphatic rings. The molecule has 0 aliphatic heterocycles. The van der Waals surface area contributed by atoms with Crippen LogP contribution in [0.25, 0.3) is 21.9 Å². The summed E-state index contributed by atoms with van der Waals surface area (Å²) >= 11 is 0. The van der Waals surface area contributed by atoms with Crippen molar-refractivity contribution in [1.82, 2.24) is 0 Å². The van der Waals surface area contributed by atoms with Crippen molar-refractivity contribution in [3.8, 4) is 28.4 Å². The molecule has 0 saturated heterocycles. The van der Waals surface area contributed by atoms with Gasteiger partial charge in [-0.1, -0.05) is 24.3 Å². The average molecular weight is 324 g/mol. The van der Waals surface area contributed by atoms with Gasteiger partial charge in [-0.3, -0.25) is 0 Å². The standard InChI is InChI=1S/C19H16O5/c1-23-12-6-3-5-11(9-12)17-13-7-4-8-16(24-2)18(13)15(20)10-14(17)19(21)22/h3-10,20H,1-2H3,(H,21,22). The first-order valence-electron chi connectivity index (χ1n) is 7.27. The molecule has 2 N–H and O–H groups in total. The number of hydrogen-bond acceptors (Lipinski definition) is 4. The summed E-state index contributed by atoms with van der Waals surface area (Å²) in [6.07, 6.45) is 0. The number of phenols is 1.